The van der Waals surface area contributed by atoms with Gasteiger partial charge < -0.3 is 9.64 Å². The summed E-state index contributed by atoms with van der Waals surface area (Å²) < 4.78 is 5.79. The van der Waals surface area contributed by atoms with E-state index in [1.54, 1.807) is 0 Å². The highest BCUT2D eigenvalue weighted by atomic mass is 32.1. The molecule has 1 saturated carbocycles. The minimum absolute atomic E-state index is 0.188. The summed E-state index contributed by atoms with van der Waals surface area (Å²) in [6, 6.07) is 4.87. The van der Waals surface area contributed by atoms with Crippen LogP contribution in [-0.4, -0.2) is 60.6 Å². The summed E-state index contributed by atoms with van der Waals surface area (Å²) in [5.74, 6) is 1.03. The molecule has 3 fully saturated rings. The van der Waals surface area contributed by atoms with Crippen LogP contribution in [0.3, 0.4) is 0 Å². The van der Waals surface area contributed by atoms with Crippen LogP contribution in [0.4, 0.5) is 0 Å². The SMILES string of the molecule is O=C(c1cccs1)N1CCN2[C@@H](COC[C@@H]2C2CC2)C1. The van der Waals surface area contributed by atoms with Crippen LogP contribution in [0, 0.1) is 5.92 Å². The zero-order chi connectivity index (χ0) is 13.5. The maximum Gasteiger partial charge on any atom is 0.264 e. The summed E-state index contributed by atoms with van der Waals surface area (Å²) in [6.07, 6.45) is 2.71. The van der Waals surface area contributed by atoms with Crippen LogP contribution < -0.4 is 0 Å². The Balaban J connectivity index is 1.45. The molecule has 5 heteroatoms. The lowest BCUT2D eigenvalue weighted by molar-refractivity contribution is -0.0815. The van der Waals surface area contributed by atoms with Crippen molar-refractivity contribution in [3.63, 3.8) is 0 Å². The molecule has 3 aliphatic rings. The van der Waals surface area contributed by atoms with Crippen molar-refractivity contribution in [2.24, 2.45) is 5.92 Å². The second kappa shape index (κ2) is 5.13. The number of hydrogen-bond donors (Lipinski definition) is 0. The Morgan fingerprint density at radius 1 is 1.30 bits per heavy atom. The normalized spacial score (nSPS) is 31.1. The lowest BCUT2D eigenvalue weighted by atomic mass is 10.0. The molecule has 1 aromatic heterocycles. The van der Waals surface area contributed by atoms with E-state index >= 15 is 0 Å². The first kappa shape index (κ1) is 12.8. The van der Waals surface area contributed by atoms with Gasteiger partial charge in [0.25, 0.3) is 5.91 Å². The van der Waals surface area contributed by atoms with Crippen molar-refractivity contribution in [1.82, 2.24) is 9.80 Å². The monoisotopic (exact) mass is 292 g/mol. The van der Waals surface area contributed by atoms with Gasteiger partial charge in [-0.25, -0.2) is 0 Å². The Morgan fingerprint density at radius 3 is 2.95 bits per heavy atom. The smallest absolute Gasteiger partial charge is 0.264 e. The van der Waals surface area contributed by atoms with Crippen molar-refractivity contribution in [3.8, 4) is 0 Å². The highest BCUT2D eigenvalue weighted by Gasteiger charge is 2.43. The first-order chi connectivity index (χ1) is 9.83. The van der Waals surface area contributed by atoms with Gasteiger partial charge in [0.2, 0.25) is 0 Å². The number of ether oxygens (including phenoxy) is 1. The summed E-state index contributed by atoms with van der Waals surface area (Å²) in [5, 5.41) is 1.97. The summed E-state index contributed by atoms with van der Waals surface area (Å²) >= 11 is 1.53. The van der Waals surface area contributed by atoms with Crippen LogP contribution >= 0.6 is 11.3 Å². The fourth-order valence-corrected chi connectivity index (χ4v) is 4.19. The third-order valence-electron chi connectivity index (χ3n) is 4.74. The second-order valence-corrected chi connectivity index (χ2v) is 7.01. The van der Waals surface area contributed by atoms with Gasteiger partial charge in [-0.1, -0.05) is 6.07 Å². The summed E-state index contributed by atoms with van der Waals surface area (Å²) in [4.78, 5) is 17.9. The first-order valence-corrected chi connectivity index (χ1v) is 8.37. The number of carbonyl (C=O) groups excluding carboxylic acids is 1. The van der Waals surface area contributed by atoms with E-state index in [0.717, 1.165) is 43.6 Å². The van der Waals surface area contributed by atoms with Crippen LogP contribution in [-0.2, 0) is 4.74 Å². The fourth-order valence-electron chi connectivity index (χ4n) is 3.50. The number of amides is 1. The number of morpholine rings is 1. The highest BCUT2D eigenvalue weighted by molar-refractivity contribution is 7.12. The molecule has 1 amide bonds. The Bertz CT molecular complexity index is 486. The van der Waals surface area contributed by atoms with Crippen molar-refractivity contribution < 1.29 is 9.53 Å². The number of rotatable bonds is 2. The minimum atomic E-state index is 0.188. The van der Waals surface area contributed by atoms with E-state index in [9.17, 15) is 4.79 Å². The quantitative estimate of drug-likeness (QED) is 0.831. The molecule has 108 valence electrons. The first-order valence-electron chi connectivity index (χ1n) is 7.49. The standard InChI is InChI=1S/C15H20N2O2S/c18-15(14-2-1-7-20-14)16-5-6-17-12(8-16)9-19-10-13(17)11-3-4-11/h1-2,7,11-13H,3-6,8-10H2/t12-,13-/m1/s1. The van der Waals surface area contributed by atoms with E-state index in [0.29, 0.717) is 12.1 Å². The van der Waals surface area contributed by atoms with Crippen LogP contribution in [0.5, 0.6) is 0 Å². The molecule has 4 rings (SSSR count). The lowest BCUT2D eigenvalue weighted by Gasteiger charge is -2.48. The van der Waals surface area contributed by atoms with Gasteiger partial charge in [0.05, 0.1) is 24.1 Å². The number of nitrogens with zero attached hydrogens (tertiary/aromatic N) is 2. The Hall–Kier alpha value is -0.910. The van der Waals surface area contributed by atoms with Crippen LogP contribution in [0.15, 0.2) is 17.5 Å². The van der Waals surface area contributed by atoms with E-state index < -0.39 is 0 Å². The van der Waals surface area contributed by atoms with E-state index in [4.69, 9.17) is 4.74 Å². The van der Waals surface area contributed by atoms with Crippen LogP contribution in [0.25, 0.3) is 0 Å². The third-order valence-corrected chi connectivity index (χ3v) is 5.60. The van der Waals surface area contributed by atoms with Crippen LogP contribution in [0.1, 0.15) is 22.5 Å². The highest BCUT2D eigenvalue weighted by Crippen LogP contribution is 2.38. The number of thiophene rings is 1. The molecule has 0 aromatic carbocycles. The van der Waals surface area contributed by atoms with Gasteiger partial charge in [-0.15, -0.1) is 11.3 Å². The van der Waals surface area contributed by atoms with Crippen molar-refractivity contribution in [2.45, 2.75) is 24.9 Å². The maximum atomic E-state index is 12.4. The largest absolute Gasteiger partial charge is 0.378 e. The summed E-state index contributed by atoms with van der Waals surface area (Å²) in [7, 11) is 0. The van der Waals surface area contributed by atoms with Gasteiger partial charge in [-0.2, -0.15) is 0 Å². The number of fused-ring (bicyclic) bond motifs is 1. The Morgan fingerprint density at radius 2 is 2.20 bits per heavy atom. The molecule has 2 atom stereocenters. The number of piperazine rings is 1. The average molecular weight is 292 g/mol. The van der Waals surface area contributed by atoms with E-state index in [1.165, 1.54) is 24.2 Å². The molecule has 4 nitrogen and oxygen atoms in total. The maximum absolute atomic E-state index is 12.4. The summed E-state index contributed by atoms with van der Waals surface area (Å²) in [6.45, 7) is 4.35. The van der Waals surface area contributed by atoms with E-state index in [2.05, 4.69) is 4.90 Å². The second-order valence-electron chi connectivity index (χ2n) is 6.06. The van der Waals surface area contributed by atoms with Gasteiger partial charge in [-0.3, -0.25) is 9.69 Å². The lowest BCUT2D eigenvalue weighted by Crippen LogP contribution is -2.63. The molecule has 1 aromatic rings. The molecule has 0 bridgehead atoms. The molecular formula is C15H20N2O2S. The Kier molecular flexibility index (Phi) is 3.28. The molecule has 0 spiro atoms. The van der Waals surface area contributed by atoms with Gasteiger partial charge >= 0.3 is 0 Å². The number of hydrogen-bond acceptors (Lipinski definition) is 4. The molecule has 0 unspecified atom stereocenters. The molecule has 0 N–H and O–H groups in total. The zero-order valence-corrected chi connectivity index (χ0v) is 12.3. The summed E-state index contributed by atoms with van der Waals surface area (Å²) in [5.41, 5.74) is 0. The predicted octanol–water partition coefficient (Wildman–Crippen LogP) is 1.68. The van der Waals surface area contributed by atoms with Gasteiger partial charge in [0.15, 0.2) is 0 Å². The molecular weight excluding hydrogens is 272 g/mol. The Labute approximate surface area is 123 Å². The van der Waals surface area contributed by atoms with Crippen LogP contribution in [0.2, 0.25) is 0 Å². The third kappa shape index (κ3) is 2.28. The van der Waals surface area contributed by atoms with Gasteiger partial charge in [0, 0.05) is 25.7 Å². The van der Waals surface area contributed by atoms with Crippen molar-refractivity contribution >= 4 is 17.2 Å². The molecule has 20 heavy (non-hydrogen) atoms. The molecule has 2 aliphatic heterocycles. The number of carbonyl (C=O) groups is 1. The van der Waals surface area contributed by atoms with E-state index in [1.807, 2.05) is 22.4 Å². The van der Waals surface area contributed by atoms with Crippen molar-refractivity contribution in [3.05, 3.63) is 22.4 Å². The van der Waals surface area contributed by atoms with Gasteiger partial charge in [-0.05, 0) is 30.2 Å². The molecule has 0 radical (unpaired) electrons. The average Bonchev–Trinajstić information content (AvgIpc) is 3.19. The molecule has 3 heterocycles. The van der Waals surface area contributed by atoms with E-state index in [-0.39, 0.29) is 5.91 Å². The predicted molar refractivity (Wildman–Crippen MR) is 78.0 cm³/mol. The topological polar surface area (TPSA) is 32.8 Å². The van der Waals surface area contributed by atoms with Crippen molar-refractivity contribution in [2.75, 3.05) is 32.8 Å². The molecule has 1 aliphatic carbocycles. The fraction of sp³-hybridized carbons (Fsp3) is 0.667. The molecule has 2 saturated heterocycles. The zero-order valence-electron chi connectivity index (χ0n) is 11.5. The van der Waals surface area contributed by atoms with Gasteiger partial charge in [0.1, 0.15) is 0 Å². The minimum Gasteiger partial charge on any atom is -0.378 e. The van der Waals surface area contributed by atoms with Crippen molar-refractivity contribution in [1.29, 1.82) is 0 Å².